The van der Waals surface area contributed by atoms with Gasteiger partial charge in [0, 0.05) is 19.3 Å². The minimum atomic E-state index is -1.43. The molecule has 0 amide bonds. The number of carbonyl (C=O) groups is 3. The number of ether oxygens (including phenoxy) is 3. The molecule has 8 heteroatoms. The fourth-order valence-electron chi connectivity index (χ4n) is 1.93. The molecular weight excluding hydrogens is 332 g/mol. The Balaban J connectivity index is 4.73. The molecule has 0 saturated heterocycles. The highest BCUT2D eigenvalue weighted by Gasteiger charge is 2.32. The van der Waals surface area contributed by atoms with Gasteiger partial charge in [-0.15, -0.1) is 0 Å². The number of hydrogen-bond acceptors (Lipinski definition) is 8. The zero-order valence-corrected chi connectivity index (χ0v) is 15.2. The lowest BCUT2D eigenvalue weighted by atomic mass is 10.1. The Morgan fingerprint density at radius 2 is 1.08 bits per heavy atom. The average Bonchev–Trinajstić information content (AvgIpc) is 2.56. The second kappa shape index (κ2) is 13.6. The highest BCUT2D eigenvalue weighted by molar-refractivity contribution is 5.70. The van der Waals surface area contributed by atoms with Crippen LogP contribution in [0.4, 0.5) is 0 Å². The average molecular weight is 362 g/mol. The first-order valence-electron chi connectivity index (χ1n) is 8.72. The summed E-state index contributed by atoms with van der Waals surface area (Å²) in [6, 6.07) is 0. The minimum Gasteiger partial charge on any atom is -0.463 e. The molecule has 0 aromatic heterocycles. The van der Waals surface area contributed by atoms with E-state index in [2.05, 4.69) is 0 Å². The van der Waals surface area contributed by atoms with Crippen LogP contribution >= 0.6 is 0 Å². The molecule has 0 saturated carbocycles. The quantitative estimate of drug-likeness (QED) is 0.369. The predicted octanol–water partition coefficient (Wildman–Crippen LogP) is 1.11. The van der Waals surface area contributed by atoms with Gasteiger partial charge in [0.25, 0.3) is 0 Å². The van der Waals surface area contributed by atoms with Crippen molar-refractivity contribution in [1.29, 1.82) is 0 Å². The third-order valence-electron chi connectivity index (χ3n) is 3.22. The van der Waals surface area contributed by atoms with Crippen molar-refractivity contribution < 1.29 is 38.8 Å². The first kappa shape index (κ1) is 23.3. The molecule has 1 unspecified atom stereocenters. The van der Waals surface area contributed by atoms with Crippen molar-refractivity contribution in [1.82, 2.24) is 0 Å². The minimum absolute atomic E-state index is 0.112. The van der Waals surface area contributed by atoms with E-state index in [1.165, 1.54) is 0 Å². The second-order valence-corrected chi connectivity index (χ2v) is 5.71. The van der Waals surface area contributed by atoms with E-state index in [1.54, 1.807) is 20.8 Å². The first-order valence-corrected chi connectivity index (χ1v) is 8.72. The van der Waals surface area contributed by atoms with E-state index in [1.807, 2.05) is 0 Å². The molecule has 0 bridgehead atoms. The topological polar surface area (TPSA) is 119 Å². The molecule has 0 aliphatic rings. The molecule has 25 heavy (non-hydrogen) atoms. The first-order chi connectivity index (χ1) is 11.8. The number of hydrogen-bond donors (Lipinski definition) is 2. The van der Waals surface area contributed by atoms with Gasteiger partial charge in [0.2, 0.25) is 0 Å². The highest BCUT2D eigenvalue weighted by atomic mass is 16.6. The van der Waals surface area contributed by atoms with Crippen molar-refractivity contribution >= 4 is 17.9 Å². The summed E-state index contributed by atoms with van der Waals surface area (Å²) in [6.45, 7) is 4.54. The Kier molecular flexibility index (Phi) is 12.7. The third kappa shape index (κ3) is 10.7. The van der Waals surface area contributed by atoms with Crippen LogP contribution in [0.3, 0.4) is 0 Å². The molecule has 0 aliphatic carbocycles. The van der Waals surface area contributed by atoms with Crippen molar-refractivity contribution in [3.8, 4) is 0 Å². The van der Waals surface area contributed by atoms with Crippen LogP contribution < -0.4 is 0 Å². The molecule has 0 radical (unpaired) electrons. The Morgan fingerprint density at radius 3 is 1.44 bits per heavy atom. The van der Waals surface area contributed by atoms with Crippen molar-refractivity contribution in [3.05, 3.63) is 0 Å². The van der Waals surface area contributed by atoms with E-state index < -0.39 is 49.4 Å². The van der Waals surface area contributed by atoms with Crippen LogP contribution in [0.2, 0.25) is 0 Å². The van der Waals surface area contributed by atoms with Crippen LogP contribution in [0.15, 0.2) is 0 Å². The van der Waals surface area contributed by atoms with Crippen molar-refractivity contribution in [3.63, 3.8) is 0 Å². The fraction of sp³-hybridized carbons (Fsp3) is 0.824. The van der Waals surface area contributed by atoms with Gasteiger partial charge in [-0.1, -0.05) is 20.8 Å². The molecule has 3 atom stereocenters. The van der Waals surface area contributed by atoms with E-state index in [-0.39, 0.29) is 19.3 Å². The van der Waals surface area contributed by atoms with Crippen LogP contribution in [0, 0.1) is 0 Å². The molecule has 0 spiro atoms. The maximum atomic E-state index is 11.7. The zero-order chi connectivity index (χ0) is 19.2. The Morgan fingerprint density at radius 1 is 0.720 bits per heavy atom. The largest absolute Gasteiger partial charge is 0.463 e. The zero-order valence-electron chi connectivity index (χ0n) is 15.2. The van der Waals surface area contributed by atoms with Gasteiger partial charge in [-0.25, -0.2) is 0 Å². The number of esters is 3. The normalized spacial score (nSPS) is 14.3. The number of rotatable bonds is 13. The predicted molar refractivity (Wildman–Crippen MR) is 88.5 cm³/mol. The summed E-state index contributed by atoms with van der Waals surface area (Å²) in [6.07, 6.45) is -1.98. The molecule has 0 fully saturated rings. The smallest absolute Gasteiger partial charge is 0.306 e. The van der Waals surface area contributed by atoms with Crippen molar-refractivity contribution in [2.75, 3.05) is 13.2 Å². The van der Waals surface area contributed by atoms with Crippen LogP contribution in [0.25, 0.3) is 0 Å². The van der Waals surface area contributed by atoms with Gasteiger partial charge in [0.15, 0.2) is 6.10 Å². The molecule has 0 aromatic rings. The standard InChI is InChI=1S/C17H30O8/c1-4-7-14(20)23-10-12(18)17(25-16(22)9-6-3)13(19)11-24-15(21)8-5-2/h12-13,17-19H,4-11H2,1-3H3/t12-,13+,17?. The van der Waals surface area contributed by atoms with Gasteiger partial charge in [-0.3, -0.25) is 14.4 Å². The van der Waals surface area contributed by atoms with Gasteiger partial charge in [0.05, 0.1) is 0 Å². The summed E-state index contributed by atoms with van der Waals surface area (Å²) < 4.78 is 14.8. The van der Waals surface area contributed by atoms with E-state index in [0.717, 1.165) is 0 Å². The molecule has 0 rings (SSSR count). The Labute approximate surface area is 148 Å². The summed E-state index contributed by atoms with van der Waals surface area (Å²) in [5.41, 5.74) is 0. The molecular formula is C17H30O8. The Bertz CT molecular complexity index is 381. The third-order valence-corrected chi connectivity index (χ3v) is 3.22. The van der Waals surface area contributed by atoms with Crippen LogP contribution in [0.1, 0.15) is 59.3 Å². The molecule has 146 valence electrons. The molecule has 0 aromatic carbocycles. The number of aliphatic hydroxyl groups is 2. The van der Waals surface area contributed by atoms with Crippen LogP contribution in [-0.2, 0) is 28.6 Å². The lowest BCUT2D eigenvalue weighted by Crippen LogP contribution is -2.46. The van der Waals surface area contributed by atoms with Gasteiger partial charge in [-0.05, 0) is 19.3 Å². The van der Waals surface area contributed by atoms with Crippen molar-refractivity contribution in [2.45, 2.75) is 77.6 Å². The number of carbonyl (C=O) groups excluding carboxylic acids is 3. The van der Waals surface area contributed by atoms with Gasteiger partial charge in [0.1, 0.15) is 25.4 Å². The maximum absolute atomic E-state index is 11.7. The molecule has 0 heterocycles. The van der Waals surface area contributed by atoms with Crippen LogP contribution in [-0.4, -0.2) is 59.6 Å². The summed E-state index contributed by atoms with van der Waals surface area (Å²) in [5.74, 6) is -1.60. The molecule has 2 N–H and O–H groups in total. The lowest BCUT2D eigenvalue weighted by Gasteiger charge is -2.27. The highest BCUT2D eigenvalue weighted by Crippen LogP contribution is 2.11. The Hall–Kier alpha value is -1.67. The maximum Gasteiger partial charge on any atom is 0.306 e. The number of aliphatic hydroxyl groups excluding tert-OH is 2. The second-order valence-electron chi connectivity index (χ2n) is 5.71. The molecule has 8 nitrogen and oxygen atoms in total. The monoisotopic (exact) mass is 362 g/mol. The summed E-state index contributed by atoms with van der Waals surface area (Å²) >= 11 is 0. The summed E-state index contributed by atoms with van der Waals surface area (Å²) in [4.78, 5) is 34.4. The SMILES string of the molecule is CCCC(=O)OC[C@@H](O)C(OC(=O)CCC)[C@@H](O)COC(=O)CCC. The van der Waals surface area contributed by atoms with Gasteiger partial charge >= 0.3 is 17.9 Å². The van der Waals surface area contributed by atoms with Crippen molar-refractivity contribution in [2.24, 2.45) is 0 Å². The summed E-state index contributed by atoms with van der Waals surface area (Å²) in [5, 5.41) is 20.3. The van der Waals surface area contributed by atoms with E-state index in [0.29, 0.717) is 19.3 Å². The lowest BCUT2D eigenvalue weighted by molar-refractivity contribution is -0.176. The van der Waals surface area contributed by atoms with E-state index in [4.69, 9.17) is 14.2 Å². The van der Waals surface area contributed by atoms with Crippen LogP contribution in [0.5, 0.6) is 0 Å². The fourth-order valence-corrected chi connectivity index (χ4v) is 1.93. The van der Waals surface area contributed by atoms with E-state index in [9.17, 15) is 24.6 Å². The van der Waals surface area contributed by atoms with Gasteiger partial charge < -0.3 is 24.4 Å². The summed E-state index contributed by atoms with van der Waals surface area (Å²) in [7, 11) is 0. The van der Waals surface area contributed by atoms with E-state index >= 15 is 0 Å². The molecule has 0 aliphatic heterocycles. The van der Waals surface area contributed by atoms with Gasteiger partial charge in [-0.2, -0.15) is 0 Å².